The van der Waals surface area contributed by atoms with Crippen LogP contribution in [0.25, 0.3) is 23.0 Å². The monoisotopic (exact) mass is 672 g/mol. The second kappa shape index (κ2) is 12.9. The number of alkyl halides is 3. The van der Waals surface area contributed by atoms with Crippen LogP contribution < -0.4 is 0 Å². The van der Waals surface area contributed by atoms with Crippen molar-refractivity contribution in [2.24, 2.45) is 0 Å². The van der Waals surface area contributed by atoms with Crippen LogP contribution >= 0.6 is 19.9 Å². The van der Waals surface area contributed by atoms with E-state index in [-0.39, 0.29) is 41.6 Å². The Morgan fingerprint density at radius 2 is 1.61 bits per heavy atom. The van der Waals surface area contributed by atoms with Gasteiger partial charge in [0.1, 0.15) is 0 Å². The minimum atomic E-state index is -4.36. The summed E-state index contributed by atoms with van der Waals surface area (Å²) in [6, 6.07) is 23.4. The van der Waals surface area contributed by atoms with Crippen LogP contribution in [0.2, 0.25) is 0 Å². The van der Waals surface area contributed by atoms with Crippen molar-refractivity contribution in [2.75, 3.05) is 0 Å². The molecule has 9 nitrogen and oxygen atoms in total. The predicted octanol–water partition coefficient (Wildman–Crippen LogP) is 8.06. The summed E-state index contributed by atoms with van der Waals surface area (Å²) in [7, 11) is -3.89. The van der Waals surface area contributed by atoms with Crippen LogP contribution in [0.1, 0.15) is 41.8 Å². The zero-order valence-corrected chi connectivity index (χ0v) is 27.1. The van der Waals surface area contributed by atoms with Crippen LogP contribution in [0.4, 0.5) is 13.2 Å². The van der Waals surface area contributed by atoms with Gasteiger partial charge in [-0.3, -0.25) is 0 Å². The van der Waals surface area contributed by atoms with Crippen LogP contribution in [0, 0.1) is 6.92 Å². The molecule has 5 aromatic rings. The zero-order chi connectivity index (χ0) is 32.5. The van der Waals surface area contributed by atoms with Crippen molar-refractivity contribution in [1.82, 2.24) is 19.9 Å². The van der Waals surface area contributed by atoms with E-state index in [0.717, 1.165) is 27.9 Å². The number of aryl methyl sites for hydroxylation is 1. The molecule has 1 aliphatic heterocycles. The Morgan fingerprint density at radius 1 is 0.935 bits per heavy atom. The second-order valence-corrected chi connectivity index (χ2v) is 14.5. The van der Waals surface area contributed by atoms with Crippen molar-refractivity contribution in [3.05, 3.63) is 107 Å². The van der Waals surface area contributed by atoms with Crippen molar-refractivity contribution < 1.29 is 36.2 Å². The van der Waals surface area contributed by atoms with Gasteiger partial charge in [0, 0.05) is 10.5 Å². The van der Waals surface area contributed by atoms with Gasteiger partial charge in [0.25, 0.3) is 0 Å². The van der Waals surface area contributed by atoms with Gasteiger partial charge in [-0.1, -0.05) is 5.16 Å². The van der Waals surface area contributed by atoms with E-state index in [4.69, 9.17) is 18.1 Å². The molecule has 2 aromatic heterocycles. The maximum absolute atomic E-state index is 12.6. The Kier molecular flexibility index (Phi) is 9.08. The summed E-state index contributed by atoms with van der Waals surface area (Å²) in [6.45, 7) is 6.63. The molecule has 3 heterocycles. The summed E-state index contributed by atoms with van der Waals surface area (Å²) >= 11 is -0.181. The van der Waals surface area contributed by atoms with Crippen LogP contribution in [-0.2, 0) is 39.8 Å². The van der Waals surface area contributed by atoms with Crippen molar-refractivity contribution in [3.63, 3.8) is 0 Å². The van der Waals surface area contributed by atoms with Gasteiger partial charge in [-0.15, -0.1) is 0 Å². The molecule has 1 aliphatic rings. The molecule has 0 radical (unpaired) electrons. The number of nitrogens with zero attached hydrogens (tertiary/aromatic N) is 4. The van der Waals surface area contributed by atoms with Crippen molar-refractivity contribution in [1.29, 1.82) is 0 Å². The maximum atomic E-state index is 12.6. The standard InChI is InChI=1S/C32H32F3N4O5PS/c1-21-15-28(30-36-29(38-43-30)24-11-13-27(14-12-24)46-32(33,34)35)37-39(21)18-23-8-6-7-22(16-23)17-31(2,3)44-45(40)41-19-25-9-4-5-10-26(25)20-42-45/h4-16,40,45H,17-20H2,1-3H3. The molecule has 0 unspecified atom stereocenters. The van der Waals surface area contributed by atoms with Crippen LogP contribution in [0.15, 0.2) is 88.3 Å². The van der Waals surface area contributed by atoms with Gasteiger partial charge in [-0.25, -0.2) is 0 Å². The molecule has 0 saturated carbocycles. The summed E-state index contributed by atoms with van der Waals surface area (Å²) in [5.74, 6) is 0.451. The Labute approximate surface area is 268 Å². The van der Waals surface area contributed by atoms with E-state index >= 15 is 0 Å². The number of benzene rings is 3. The normalized spacial score (nSPS) is 15.7. The molecule has 0 atom stereocenters. The third kappa shape index (κ3) is 8.03. The summed E-state index contributed by atoms with van der Waals surface area (Å²) in [4.78, 5) is 15.6. The molecule has 0 aliphatic carbocycles. The third-order valence-electron chi connectivity index (χ3n) is 7.27. The Balaban J connectivity index is 1.10. The van der Waals surface area contributed by atoms with Gasteiger partial charge < -0.3 is 0 Å². The molecule has 0 fully saturated rings. The second-order valence-electron chi connectivity index (χ2n) is 11.6. The van der Waals surface area contributed by atoms with Gasteiger partial charge in [0.15, 0.2) is 0 Å². The van der Waals surface area contributed by atoms with Gasteiger partial charge in [-0.05, 0) is 36.0 Å². The molecule has 46 heavy (non-hydrogen) atoms. The van der Waals surface area contributed by atoms with Crippen molar-refractivity contribution in [3.8, 4) is 23.0 Å². The molecule has 3 aromatic carbocycles. The number of aromatic nitrogens is 4. The quantitative estimate of drug-likeness (QED) is 0.123. The summed E-state index contributed by atoms with van der Waals surface area (Å²) in [5.41, 5.74) is 0.676. The minimum absolute atomic E-state index is 0.0719. The fraction of sp³-hybridized carbons (Fsp3) is 0.281. The molecule has 0 spiro atoms. The number of halogens is 3. The fourth-order valence-electron chi connectivity index (χ4n) is 5.19. The number of hydrogen-bond acceptors (Lipinski definition) is 9. The van der Waals surface area contributed by atoms with E-state index in [0.29, 0.717) is 24.2 Å². The molecule has 242 valence electrons. The third-order valence-corrected chi connectivity index (χ3v) is 9.84. The van der Waals surface area contributed by atoms with Crippen LogP contribution in [-0.4, -0.2) is 35.9 Å². The molecule has 14 heteroatoms. The Hall–Kier alpha value is -3.58. The van der Waals surface area contributed by atoms with Crippen molar-refractivity contribution in [2.45, 2.75) is 63.0 Å². The first-order valence-corrected chi connectivity index (χ1v) is 16.9. The summed E-state index contributed by atoms with van der Waals surface area (Å²) in [5, 5.41) is 8.65. The zero-order valence-electron chi connectivity index (χ0n) is 25.2. The van der Waals surface area contributed by atoms with E-state index in [1.54, 1.807) is 0 Å². The Bertz CT molecular complexity index is 1800. The van der Waals surface area contributed by atoms with E-state index in [1.165, 1.54) is 24.3 Å². The average Bonchev–Trinajstić information content (AvgIpc) is 3.58. The molecule has 1 N–H and O–H groups in total. The molecule has 0 amide bonds. The van der Waals surface area contributed by atoms with Gasteiger partial charge in [0.05, 0.1) is 0 Å². The van der Waals surface area contributed by atoms with E-state index < -0.39 is 19.3 Å². The average molecular weight is 673 g/mol. The topological polar surface area (TPSA) is 105 Å². The van der Waals surface area contributed by atoms with Crippen molar-refractivity contribution >= 4 is 19.9 Å². The molecule has 0 bridgehead atoms. The number of fused-ring (bicyclic) bond motifs is 1. The predicted molar refractivity (Wildman–Crippen MR) is 169 cm³/mol. The van der Waals surface area contributed by atoms with Gasteiger partial charge in [0.2, 0.25) is 5.82 Å². The van der Waals surface area contributed by atoms with E-state index in [1.807, 2.05) is 74.0 Å². The fourth-order valence-corrected chi connectivity index (χ4v) is 7.38. The first-order chi connectivity index (χ1) is 21.8. The summed E-state index contributed by atoms with van der Waals surface area (Å²) < 4.78 is 62.9. The molecule has 6 rings (SSSR count). The molecular formula is C32H32F3N4O5PS. The van der Waals surface area contributed by atoms with E-state index in [9.17, 15) is 18.1 Å². The first kappa shape index (κ1) is 32.4. The Morgan fingerprint density at radius 3 is 2.28 bits per heavy atom. The van der Waals surface area contributed by atoms with Gasteiger partial charge >= 0.3 is 198 Å². The van der Waals surface area contributed by atoms with E-state index in [2.05, 4.69) is 21.3 Å². The number of hydrogen-bond donors (Lipinski definition) is 1. The molecule has 0 saturated heterocycles. The van der Waals surface area contributed by atoms with Gasteiger partial charge in [-0.2, -0.15) is 13.2 Å². The number of rotatable bonds is 9. The molecular weight excluding hydrogens is 640 g/mol. The van der Waals surface area contributed by atoms with Crippen LogP contribution in [0.5, 0.6) is 0 Å². The summed E-state index contributed by atoms with van der Waals surface area (Å²) in [6.07, 6.45) is 0.500. The first-order valence-electron chi connectivity index (χ1n) is 14.4. The number of thioether (sulfide) groups is 1. The van der Waals surface area contributed by atoms with Crippen LogP contribution in [0.3, 0.4) is 0 Å². The SMILES string of the molecule is Cc1cc(-c2nc(-c3ccc(SC(F)(F)F)cc3)no2)nn1Cc1cccc(CC(C)(C)O[PH]2(O)OCc3ccccc3CO2)c1.